The zero-order valence-corrected chi connectivity index (χ0v) is 9.26. The summed E-state index contributed by atoms with van der Waals surface area (Å²) in [6.07, 6.45) is -0.0622. The third-order valence-electron chi connectivity index (χ3n) is 2.13. The molecule has 88 valence electrons. The molecule has 1 aliphatic rings. The van der Waals surface area contributed by atoms with Gasteiger partial charge in [-0.1, -0.05) is 0 Å². The van der Waals surface area contributed by atoms with E-state index in [1.54, 1.807) is 4.72 Å². The van der Waals surface area contributed by atoms with Crippen molar-refractivity contribution in [2.45, 2.75) is 6.42 Å². The fourth-order valence-electron chi connectivity index (χ4n) is 1.30. The van der Waals surface area contributed by atoms with E-state index < -0.39 is 16.3 Å². The van der Waals surface area contributed by atoms with E-state index in [0.29, 0.717) is 6.54 Å². The van der Waals surface area contributed by atoms with Crippen LogP contribution in [-0.4, -0.2) is 41.3 Å². The molecule has 15 heavy (non-hydrogen) atoms. The van der Waals surface area contributed by atoms with Crippen molar-refractivity contribution in [3.63, 3.8) is 0 Å². The molecule has 3 N–H and O–H groups in total. The van der Waals surface area contributed by atoms with Gasteiger partial charge in [0, 0.05) is 6.54 Å². The number of rotatable bonds is 4. The molecule has 8 heteroatoms. The smallest absolute Gasteiger partial charge is 0.421 e. The van der Waals surface area contributed by atoms with Crippen LogP contribution < -0.4 is 14.8 Å². The molecule has 7 nitrogen and oxygen atoms in total. The van der Waals surface area contributed by atoms with Gasteiger partial charge in [-0.25, -0.2) is 9.52 Å². The zero-order chi connectivity index (χ0) is 11.3. The highest BCUT2D eigenvalue weighted by Crippen LogP contribution is 2.05. The minimum Gasteiger partial charge on any atom is -0.452 e. The average molecular weight is 237 g/mol. The maximum Gasteiger partial charge on any atom is 0.421 e. The highest BCUT2D eigenvalue weighted by molar-refractivity contribution is 7.88. The van der Waals surface area contributed by atoms with Gasteiger partial charge in [0.2, 0.25) is 0 Å². The van der Waals surface area contributed by atoms with E-state index in [1.807, 2.05) is 0 Å². The van der Waals surface area contributed by atoms with E-state index in [9.17, 15) is 13.2 Å². The summed E-state index contributed by atoms with van der Waals surface area (Å²) in [4.78, 5) is 10.7. The Hall–Kier alpha value is -0.860. The maximum atomic E-state index is 11.2. The Morgan fingerprint density at radius 2 is 2.33 bits per heavy atom. The molecule has 1 amide bonds. The summed E-state index contributed by atoms with van der Waals surface area (Å²) in [5, 5.41) is 3.11. The van der Waals surface area contributed by atoms with Crippen LogP contribution in [0.25, 0.3) is 0 Å². The first-order valence-electron chi connectivity index (χ1n) is 4.59. The van der Waals surface area contributed by atoms with E-state index in [0.717, 1.165) is 26.6 Å². The first-order valence-corrected chi connectivity index (χ1v) is 6.08. The van der Waals surface area contributed by atoms with Crippen molar-refractivity contribution in [2.24, 2.45) is 5.92 Å². The summed E-state index contributed by atoms with van der Waals surface area (Å²) < 4.78 is 30.6. The molecule has 1 rings (SSSR count). The number of carbonyl (C=O) groups excluding carboxylic acids is 1. The van der Waals surface area contributed by atoms with Crippen LogP contribution in [0.2, 0.25) is 0 Å². The first-order chi connectivity index (χ1) is 7.03. The number of nitrogens with one attached hydrogen (secondary N) is 3. The minimum atomic E-state index is -3.78. The predicted molar refractivity (Wildman–Crippen MR) is 53.4 cm³/mol. The first kappa shape index (κ1) is 12.2. The molecule has 0 radical (unpaired) electrons. The monoisotopic (exact) mass is 237 g/mol. The van der Waals surface area contributed by atoms with Crippen LogP contribution in [-0.2, 0) is 14.9 Å². The van der Waals surface area contributed by atoms with Crippen LogP contribution in [0, 0.1) is 5.92 Å². The number of hydrogen-bond donors (Lipinski definition) is 3. The molecule has 1 fully saturated rings. The molecule has 0 aliphatic carbocycles. The van der Waals surface area contributed by atoms with E-state index in [-0.39, 0.29) is 5.92 Å². The number of hydrogen-bond acceptors (Lipinski definition) is 5. The molecule has 1 heterocycles. The van der Waals surface area contributed by atoms with Gasteiger partial charge in [0.15, 0.2) is 0 Å². The minimum absolute atomic E-state index is 0.277. The second kappa shape index (κ2) is 5.29. The van der Waals surface area contributed by atoms with Crippen molar-refractivity contribution in [1.29, 1.82) is 0 Å². The summed E-state index contributed by atoms with van der Waals surface area (Å²) in [6, 6.07) is 0. The lowest BCUT2D eigenvalue weighted by Crippen LogP contribution is -2.42. The van der Waals surface area contributed by atoms with E-state index in [2.05, 4.69) is 14.8 Å². The molecule has 0 aromatic heterocycles. The van der Waals surface area contributed by atoms with Crippen LogP contribution in [0.15, 0.2) is 0 Å². The third kappa shape index (κ3) is 4.45. The van der Waals surface area contributed by atoms with Gasteiger partial charge in [-0.2, -0.15) is 13.1 Å². The van der Waals surface area contributed by atoms with Crippen molar-refractivity contribution < 1.29 is 17.9 Å². The van der Waals surface area contributed by atoms with Crippen LogP contribution in [0.5, 0.6) is 0 Å². The van der Waals surface area contributed by atoms with Crippen molar-refractivity contribution in [3.05, 3.63) is 0 Å². The SMILES string of the molecule is COC(=O)NS(=O)(=O)NCC1CCNC1. The van der Waals surface area contributed by atoms with Crippen molar-refractivity contribution >= 4 is 16.3 Å². The lowest BCUT2D eigenvalue weighted by molar-refractivity contribution is 0.177. The van der Waals surface area contributed by atoms with E-state index in [1.165, 1.54) is 0 Å². The standard InChI is InChI=1S/C7H15N3O4S/c1-14-7(11)10-15(12,13)9-5-6-2-3-8-4-6/h6,8-9H,2-5H2,1H3,(H,10,11). The van der Waals surface area contributed by atoms with Crippen molar-refractivity contribution in [3.8, 4) is 0 Å². The van der Waals surface area contributed by atoms with Gasteiger partial charge in [-0.3, -0.25) is 0 Å². The van der Waals surface area contributed by atoms with Crippen molar-refractivity contribution in [1.82, 2.24) is 14.8 Å². The van der Waals surface area contributed by atoms with Gasteiger partial charge in [0.25, 0.3) is 0 Å². The molecule has 1 aliphatic heterocycles. The molecule has 0 spiro atoms. The molecule has 0 aromatic carbocycles. The Balaban J connectivity index is 2.32. The Bertz CT molecular complexity index is 310. The van der Waals surface area contributed by atoms with Gasteiger partial charge in [0.05, 0.1) is 7.11 Å². The van der Waals surface area contributed by atoms with E-state index >= 15 is 0 Å². The second-order valence-electron chi connectivity index (χ2n) is 3.30. The molecular formula is C7H15N3O4S. The quantitative estimate of drug-likeness (QED) is 0.570. The number of carbonyl (C=O) groups is 1. The predicted octanol–water partition coefficient (Wildman–Crippen LogP) is -1.21. The van der Waals surface area contributed by atoms with Gasteiger partial charge < -0.3 is 10.1 Å². The third-order valence-corrected chi connectivity index (χ3v) is 3.11. The summed E-state index contributed by atoms with van der Waals surface area (Å²) in [6.45, 7) is 2.01. The Morgan fingerprint density at radius 3 is 2.87 bits per heavy atom. The lowest BCUT2D eigenvalue weighted by atomic mass is 10.1. The zero-order valence-electron chi connectivity index (χ0n) is 8.45. The molecule has 0 saturated carbocycles. The molecule has 0 bridgehead atoms. The summed E-state index contributed by atoms with van der Waals surface area (Å²) in [5.41, 5.74) is 0. The Morgan fingerprint density at radius 1 is 1.60 bits per heavy atom. The van der Waals surface area contributed by atoms with Gasteiger partial charge in [-0.05, 0) is 25.4 Å². The normalized spacial score (nSPS) is 21.3. The second-order valence-corrected chi connectivity index (χ2v) is 4.80. The molecule has 1 atom stereocenters. The molecular weight excluding hydrogens is 222 g/mol. The highest BCUT2D eigenvalue weighted by atomic mass is 32.2. The topological polar surface area (TPSA) is 96.5 Å². The van der Waals surface area contributed by atoms with Crippen LogP contribution in [0.3, 0.4) is 0 Å². The highest BCUT2D eigenvalue weighted by Gasteiger charge is 2.19. The van der Waals surface area contributed by atoms with Crippen LogP contribution in [0.1, 0.15) is 6.42 Å². The number of methoxy groups -OCH3 is 1. The molecule has 1 saturated heterocycles. The largest absolute Gasteiger partial charge is 0.452 e. The average Bonchev–Trinajstić information content (AvgIpc) is 2.66. The van der Waals surface area contributed by atoms with E-state index in [4.69, 9.17) is 0 Å². The lowest BCUT2D eigenvalue weighted by Gasteiger charge is -2.10. The van der Waals surface area contributed by atoms with Crippen molar-refractivity contribution in [2.75, 3.05) is 26.7 Å². The Labute approximate surface area is 88.7 Å². The van der Waals surface area contributed by atoms with Gasteiger partial charge in [0.1, 0.15) is 0 Å². The van der Waals surface area contributed by atoms with Gasteiger partial charge >= 0.3 is 16.3 Å². The fourth-order valence-corrected chi connectivity index (χ4v) is 2.13. The summed E-state index contributed by atoms with van der Waals surface area (Å²) >= 11 is 0. The van der Waals surface area contributed by atoms with Crippen LogP contribution in [0.4, 0.5) is 4.79 Å². The number of ether oxygens (including phenoxy) is 1. The maximum absolute atomic E-state index is 11.2. The molecule has 0 aromatic rings. The van der Waals surface area contributed by atoms with Crippen LogP contribution >= 0.6 is 0 Å². The fraction of sp³-hybridized carbons (Fsp3) is 0.857. The summed E-state index contributed by atoms with van der Waals surface area (Å²) in [7, 11) is -2.68. The molecule has 1 unspecified atom stereocenters. The Kier molecular flexibility index (Phi) is 4.30. The van der Waals surface area contributed by atoms with Gasteiger partial charge in [-0.15, -0.1) is 0 Å². The summed E-state index contributed by atoms with van der Waals surface area (Å²) in [5.74, 6) is 0.277. The number of amides is 1.